The van der Waals surface area contributed by atoms with Crippen molar-refractivity contribution in [3.63, 3.8) is 0 Å². The molecule has 2 rings (SSSR count). The number of nitrogens with one attached hydrogen (secondary N) is 2. The van der Waals surface area contributed by atoms with Crippen LogP contribution in [0.5, 0.6) is 0 Å². The number of sulfonamides is 1. The fourth-order valence-electron chi connectivity index (χ4n) is 2.65. The Morgan fingerprint density at radius 2 is 2.00 bits per heavy atom. The van der Waals surface area contributed by atoms with Gasteiger partial charge in [-0.3, -0.25) is 9.59 Å². The third kappa shape index (κ3) is 5.93. The second-order valence-corrected chi connectivity index (χ2v) is 7.72. The van der Waals surface area contributed by atoms with E-state index >= 15 is 0 Å². The molecule has 1 aromatic rings. The molecule has 0 aromatic heterocycles. The van der Waals surface area contributed by atoms with E-state index in [1.165, 1.54) is 0 Å². The van der Waals surface area contributed by atoms with Crippen LogP contribution in [0.3, 0.4) is 0 Å². The van der Waals surface area contributed by atoms with E-state index in [0.29, 0.717) is 19.5 Å². The van der Waals surface area contributed by atoms with Crippen molar-refractivity contribution < 1.29 is 18.0 Å². The Morgan fingerprint density at radius 1 is 1.29 bits per heavy atom. The number of rotatable bonds is 8. The lowest BCUT2D eigenvalue weighted by Gasteiger charge is -2.25. The summed E-state index contributed by atoms with van der Waals surface area (Å²) in [5, 5.41) is 2.90. The van der Waals surface area contributed by atoms with Crippen LogP contribution in [0.2, 0.25) is 0 Å². The number of carbonyl (C=O) groups excluding carboxylic acids is 2. The second-order valence-electron chi connectivity index (χ2n) is 5.89. The topological polar surface area (TPSA) is 95.6 Å². The van der Waals surface area contributed by atoms with Crippen molar-refractivity contribution in [3.05, 3.63) is 35.9 Å². The maximum atomic E-state index is 12.1. The smallest absolute Gasteiger partial charge is 0.222 e. The Balaban J connectivity index is 1.97. The molecule has 1 aliphatic heterocycles. The summed E-state index contributed by atoms with van der Waals surface area (Å²) < 4.78 is 24.4. The molecular weight excluding hydrogens is 330 g/mol. The highest BCUT2D eigenvalue weighted by atomic mass is 32.2. The summed E-state index contributed by atoms with van der Waals surface area (Å²) in [7, 11) is -3.31. The fourth-order valence-corrected chi connectivity index (χ4v) is 3.13. The quantitative estimate of drug-likeness (QED) is 0.707. The minimum atomic E-state index is -3.31. The second kappa shape index (κ2) is 8.25. The molecule has 1 aliphatic rings. The molecular formula is C16H23N3O4S. The van der Waals surface area contributed by atoms with Crippen LogP contribution in [0.1, 0.15) is 30.9 Å². The number of nitrogens with zero attached hydrogens (tertiary/aromatic N) is 1. The van der Waals surface area contributed by atoms with Gasteiger partial charge < -0.3 is 10.2 Å². The Labute approximate surface area is 142 Å². The highest BCUT2D eigenvalue weighted by Gasteiger charge is 2.25. The van der Waals surface area contributed by atoms with Crippen molar-refractivity contribution in [3.8, 4) is 0 Å². The first-order valence-corrected chi connectivity index (χ1v) is 9.81. The Morgan fingerprint density at radius 3 is 2.58 bits per heavy atom. The van der Waals surface area contributed by atoms with Crippen LogP contribution in [-0.4, -0.2) is 51.0 Å². The van der Waals surface area contributed by atoms with Crippen molar-refractivity contribution in [2.45, 2.75) is 25.3 Å². The molecule has 8 heteroatoms. The van der Waals surface area contributed by atoms with Crippen LogP contribution in [0.15, 0.2) is 30.3 Å². The third-order valence-electron chi connectivity index (χ3n) is 3.83. The van der Waals surface area contributed by atoms with E-state index in [4.69, 9.17) is 0 Å². The maximum Gasteiger partial charge on any atom is 0.222 e. The van der Waals surface area contributed by atoms with Gasteiger partial charge in [0.05, 0.1) is 12.3 Å². The van der Waals surface area contributed by atoms with Gasteiger partial charge in [0.2, 0.25) is 21.8 Å². The van der Waals surface area contributed by atoms with Crippen LogP contribution in [0.25, 0.3) is 0 Å². The van der Waals surface area contributed by atoms with E-state index < -0.39 is 10.0 Å². The largest absolute Gasteiger partial charge is 0.347 e. The van der Waals surface area contributed by atoms with Gasteiger partial charge in [0.1, 0.15) is 0 Å². The molecule has 1 aromatic carbocycles. The minimum absolute atomic E-state index is 0.0460. The molecule has 0 spiro atoms. The van der Waals surface area contributed by atoms with Gasteiger partial charge in [-0.2, -0.15) is 0 Å². The average molecular weight is 353 g/mol. The van der Waals surface area contributed by atoms with E-state index in [2.05, 4.69) is 10.0 Å². The third-order valence-corrected chi connectivity index (χ3v) is 4.56. The molecule has 0 bridgehead atoms. The highest BCUT2D eigenvalue weighted by molar-refractivity contribution is 7.88. The maximum absolute atomic E-state index is 12.1. The van der Waals surface area contributed by atoms with Gasteiger partial charge in [0, 0.05) is 32.5 Å². The molecule has 7 nitrogen and oxygen atoms in total. The highest BCUT2D eigenvalue weighted by Crippen LogP contribution is 2.18. The molecule has 1 fully saturated rings. The average Bonchev–Trinajstić information content (AvgIpc) is 2.91. The molecule has 24 heavy (non-hydrogen) atoms. The first-order chi connectivity index (χ1) is 11.3. The van der Waals surface area contributed by atoms with E-state index in [1.807, 2.05) is 30.3 Å². The van der Waals surface area contributed by atoms with Gasteiger partial charge in [-0.25, -0.2) is 13.1 Å². The van der Waals surface area contributed by atoms with Crippen molar-refractivity contribution >= 4 is 21.8 Å². The molecule has 0 aliphatic carbocycles. The lowest BCUT2D eigenvalue weighted by molar-refractivity contribution is -0.129. The number of hydrogen-bond acceptors (Lipinski definition) is 4. The normalized spacial score (nSPS) is 16.2. The molecule has 1 unspecified atom stereocenters. The summed E-state index contributed by atoms with van der Waals surface area (Å²) in [4.78, 5) is 25.7. The van der Waals surface area contributed by atoms with Crippen molar-refractivity contribution in [2.24, 2.45) is 0 Å². The van der Waals surface area contributed by atoms with Crippen LogP contribution < -0.4 is 10.0 Å². The van der Waals surface area contributed by atoms with Crippen molar-refractivity contribution in [1.29, 1.82) is 0 Å². The van der Waals surface area contributed by atoms with Crippen LogP contribution in [0, 0.1) is 0 Å². The monoisotopic (exact) mass is 353 g/mol. The van der Waals surface area contributed by atoms with E-state index in [9.17, 15) is 18.0 Å². The summed E-state index contributed by atoms with van der Waals surface area (Å²) in [6.07, 6.45) is 2.49. The first-order valence-electron chi connectivity index (χ1n) is 7.92. The number of benzene rings is 1. The summed E-state index contributed by atoms with van der Waals surface area (Å²) in [6, 6.07) is 9.15. The molecule has 0 radical (unpaired) electrons. The zero-order valence-corrected chi connectivity index (χ0v) is 14.5. The van der Waals surface area contributed by atoms with Crippen LogP contribution in [-0.2, 0) is 19.6 Å². The predicted octanol–water partition coefficient (Wildman–Crippen LogP) is 0.406. The van der Waals surface area contributed by atoms with Gasteiger partial charge in [0.25, 0.3) is 0 Å². The van der Waals surface area contributed by atoms with E-state index in [1.54, 1.807) is 4.90 Å². The lowest BCUT2D eigenvalue weighted by Crippen LogP contribution is -2.39. The zero-order valence-electron chi connectivity index (χ0n) is 13.7. The standard InChI is InChI=1S/C16H23N3O4S/c1-24(22,23)17-10-9-15(20)18-14(13-6-3-2-4-7-13)12-19-11-5-8-16(19)21/h2-4,6-7,14,17H,5,8-12H2,1H3,(H,18,20). The number of hydrogen-bond donors (Lipinski definition) is 2. The van der Waals surface area contributed by atoms with Gasteiger partial charge >= 0.3 is 0 Å². The number of likely N-dealkylation sites (tertiary alicyclic amines) is 1. The minimum Gasteiger partial charge on any atom is -0.347 e. The summed E-state index contributed by atoms with van der Waals surface area (Å²) >= 11 is 0. The van der Waals surface area contributed by atoms with Gasteiger partial charge in [0.15, 0.2) is 0 Å². The fraction of sp³-hybridized carbons (Fsp3) is 0.500. The number of amides is 2. The molecule has 2 amide bonds. The molecule has 1 heterocycles. The lowest BCUT2D eigenvalue weighted by atomic mass is 10.1. The molecule has 2 N–H and O–H groups in total. The van der Waals surface area contributed by atoms with E-state index in [-0.39, 0.29) is 30.8 Å². The predicted molar refractivity (Wildman–Crippen MR) is 90.6 cm³/mol. The Bertz CT molecular complexity index is 676. The SMILES string of the molecule is CS(=O)(=O)NCCC(=O)NC(CN1CCCC1=O)c1ccccc1. The first kappa shape index (κ1) is 18.4. The molecule has 1 atom stereocenters. The van der Waals surface area contributed by atoms with Crippen LogP contribution >= 0.6 is 0 Å². The molecule has 0 saturated carbocycles. The Hall–Kier alpha value is -1.93. The Kier molecular flexibility index (Phi) is 6.33. The molecule has 132 valence electrons. The van der Waals surface area contributed by atoms with Gasteiger partial charge in [-0.15, -0.1) is 0 Å². The van der Waals surface area contributed by atoms with Crippen molar-refractivity contribution in [2.75, 3.05) is 25.9 Å². The summed E-state index contributed by atoms with van der Waals surface area (Å²) in [5.41, 5.74) is 0.918. The zero-order chi connectivity index (χ0) is 17.6. The summed E-state index contributed by atoms with van der Waals surface area (Å²) in [6.45, 7) is 1.18. The number of carbonyl (C=O) groups is 2. The van der Waals surface area contributed by atoms with Gasteiger partial charge in [-0.05, 0) is 12.0 Å². The van der Waals surface area contributed by atoms with Gasteiger partial charge in [-0.1, -0.05) is 30.3 Å². The van der Waals surface area contributed by atoms with E-state index in [0.717, 1.165) is 18.2 Å². The van der Waals surface area contributed by atoms with Crippen molar-refractivity contribution in [1.82, 2.24) is 14.9 Å². The summed E-state index contributed by atoms with van der Waals surface area (Å²) in [5.74, 6) is -0.157. The molecule has 1 saturated heterocycles. The van der Waals surface area contributed by atoms with Crippen LogP contribution in [0.4, 0.5) is 0 Å².